The number of aromatic nitrogens is 1. The zero-order valence-electron chi connectivity index (χ0n) is 13.3. The quantitative estimate of drug-likeness (QED) is 0.900. The van der Waals surface area contributed by atoms with Crippen LogP contribution in [0.5, 0.6) is 11.5 Å². The van der Waals surface area contributed by atoms with E-state index in [2.05, 4.69) is 37.9 Å². The van der Waals surface area contributed by atoms with Crippen LogP contribution in [0.3, 0.4) is 0 Å². The van der Waals surface area contributed by atoms with Gasteiger partial charge in [-0.15, -0.1) is 0 Å². The molecule has 0 radical (unpaired) electrons. The minimum Gasteiger partial charge on any atom is -0.455 e. The van der Waals surface area contributed by atoms with E-state index in [9.17, 15) is 5.11 Å². The number of aliphatic hydroxyl groups is 1. The molecule has 21 heavy (non-hydrogen) atoms. The Morgan fingerprint density at radius 1 is 1.14 bits per heavy atom. The second-order valence-electron chi connectivity index (χ2n) is 6.43. The molecule has 3 heteroatoms. The number of hydrogen-bond acceptors (Lipinski definition) is 3. The molecular weight excluding hydrogens is 262 g/mol. The highest BCUT2D eigenvalue weighted by Crippen LogP contribution is 2.30. The predicted octanol–water partition coefficient (Wildman–Crippen LogP) is 4.53. The lowest BCUT2D eigenvalue weighted by Crippen LogP contribution is -2.11. The molecule has 1 N–H and O–H groups in total. The van der Waals surface area contributed by atoms with Crippen molar-refractivity contribution in [2.45, 2.75) is 46.1 Å². The largest absolute Gasteiger partial charge is 0.455 e. The zero-order chi connectivity index (χ0) is 15.6. The lowest BCUT2D eigenvalue weighted by Gasteiger charge is -2.20. The Bertz CT molecular complexity index is 610. The van der Waals surface area contributed by atoms with Crippen LogP contribution in [0.25, 0.3) is 0 Å². The van der Waals surface area contributed by atoms with Gasteiger partial charge >= 0.3 is 0 Å². The van der Waals surface area contributed by atoms with Gasteiger partial charge in [-0.1, -0.05) is 32.9 Å². The Hall–Kier alpha value is -1.87. The highest BCUT2D eigenvalue weighted by molar-refractivity contribution is 5.41. The fraction of sp³-hybridized carbons (Fsp3) is 0.389. The number of rotatable bonds is 3. The molecule has 1 aromatic carbocycles. The van der Waals surface area contributed by atoms with Gasteiger partial charge in [-0.2, -0.15) is 0 Å². The van der Waals surface area contributed by atoms with Crippen molar-refractivity contribution in [2.24, 2.45) is 0 Å². The van der Waals surface area contributed by atoms with E-state index in [0.717, 1.165) is 11.3 Å². The number of nitrogens with zero attached hydrogens (tertiary/aromatic N) is 1. The molecule has 1 aromatic heterocycles. The molecule has 0 bridgehead atoms. The number of pyridine rings is 1. The molecule has 112 valence electrons. The fourth-order valence-electron chi connectivity index (χ4n) is 2.06. The minimum absolute atomic E-state index is 0.129. The van der Waals surface area contributed by atoms with Gasteiger partial charge in [-0.3, -0.25) is 4.98 Å². The second-order valence-corrected chi connectivity index (χ2v) is 6.43. The first-order valence-electron chi connectivity index (χ1n) is 7.20. The Kier molecular flexibility index (Phi) is 4.33. The summed E-state index contributed by atoms with van der Waals surface area (Å²) in [6, 6.07) is 9.86. The molecule has 1 heterocycles. The Labute approximate surface area is 126 Å². The third kappa shape index (κ3) is 3.82. The van der Waals surface area contributed by atoms with Crippen molar-refractivity contribution in [2.75, 3.05) is 0 Å². The highest BCUT2D eigenvalue weighted by Gasteiger charge is 2.15. The van der Waals surface area contributed by atoms with Gasteiger partial charge in [0.15, 0.2) is 0 Å². The molecule has 1 atom stereocenters. The van der Waals surface area contributed by atoms with E-state index in [1.165, 1.54) is 5.56 Å². The topological polar surface area (TPSA) is 42.4 Å². The standard InChI is InChI=1S/C18H23NO2/c1-12-10-14(18(3,4)5)6-9-17(12)21-15-7-8-16(13(2)20)19-11-15/h6-11,13,20H,1-5H3. The maximum absolute atomic E-state index is 9.45. The van der Waals surface area contributed by atoms with Crippen molar-refractivity contribution in [1.82, 2.24) is 4.98 Å². The van der Waals surface area contributed by atoms with Crippen molar-refractivity contribution in [1.29, 1.82) is 0 Å². The molecule has 1 unspecified atom stereocenters. The summed E-state index contributed by atoms with van der Waals surface area (Å²) in [4.78, 5) is 4.19. The van der Waals surface area contributed by atoms with E-state index in [4.69, 9.17) is 4.74 Å². The lowest BCUT2D eigenvalue weighted by atomic mass is 9.86. The summed E-state index contributed by atoms with van der Waals surface area (Å²) < 4.78 is 5.87. The van der Waals surface area contributed by atoms with Crippen molar-refractivity contribution in [3.05, 3.63) is 53.3 Å². The van der Waals surface area contributed by atoms with Crippen molar-refractivity contribution >= 4 is 0 Å². The molecule has 0 amide bonds. The molecule has 3 nitrogen and oxygen atoms in total. The summed E-state index contributed by atoms with van der Waals surface area (Å²) in [5.74, 6) is 1.50. The molecule has 0 fully saturated rings. The molecule has 0 saturated heterocycles. The van der Waals surface area contributed by atoms with Crippen LogP contribution >= 0.6 is 0 Å². The predicted molar refractivity (Wildman–Crippen MR) is 84.8 cm³/mol. The van der Waals surface area contributed by atoms with Gasteiger partial charge in [0, 0.05) is 0 Å². The van der Waals surface area contributed by atoms with Crippen LogP contribution in [0, 0.1) is 6.92 Å². The van der Waals surface area contributed by atoms with Crippen LogP contribution in [-0.2, 0) is 5.41 Å². The molecule has 0 aliphatic heterocycles. The summed E-state index contributed by atoms with van der Waals surface area (Å²) in [7, 11) is 0. The summed E-state index contributed by atoms with van der Waals surface area (Å²) in [5.41, 5.74) is 3.16. The van der Waals surface area contributed by atoms with E-state index in [1.807, 2.05) is 19.1 Å². The lowest BCUT2D eigenvalue weighted by molar-refractivity contribution is 0.194. The Morgan fingerprint density at radius 2 is 1.86 bits per heavy atom. The Morgan fingerprint density at radius 3 is 2.33 bits per heavy atom. The first kappa shape index (κ1) is 15.5. The third-order valence-corrected chi connectivity index (χ3v) is 3.46. The van der Waals surface area contributed by atoms with Gasteiger partial charge in [0.2, 0.25) is 0 Å². The maximum Gasteiger partial charge on any atom is 0.145 e. The zero-order valence-corrected chi connectivity index (χ0v) is 13.3. The number of aryl methyl sites for hydroxylation is 1. The van der Waals surface area contributed by atoms with E-state index in [0.29, 0.717) is 11.4 Å². The molecular formula is C18H23NO2. The monoisotopic (exact) mass is 285 g/mol. The van der Waals surface area contributed by atoms with Crippen LogP contribution in [0.15, 0.2) is 36.5 Å². The molecule has 0 aliphatic carbocycles. The minimum atomic E-state index is -0.563. The van der Waals surface area contributed by atoms with Gasteiger partial charge in [0.05, 0.1) is 18.0 Å². The highest BCUT2D eigenvalue weighted by atomic mass is 16.5. The molecule has 2 aromatic rings. The smallest absolute Gasteiger partial charge is 0.145 e. The Balaban J connectivity index is 2.20. The van der Waals surface area contributed by atoms with E-state index in [-0.39, 0.29) is 5.41 Å². The molecule has 0 spiro atoms. The second kappa shape index (κ2) is 5.86. The number of hydrogen-bond donors (Lipinski definition) is 1. The summed E-state index contributed by atoms with van der Waals surface area (Å²) >= 11 is 0. The van der Waals surface area contributed by atoms with Crippen molar-refractivity contribution in [3.8, 4) is 11.5 Å². The summed E-state index contributed by atoms with van der Waals surface area (Å²) in [5, 5.41) is 9.45. The number of benzene rings is 1. The van der Waals surface area contributed by atoms with Gasteiger partial charge in [0.1, 0.15) is 11.5 Å². The van der Waals surface area contributed by atoms with E-state index < -0.39 is 6.10 Å². The van der Waals surface area contributed by atoms with Crippen molar-refractivity contribution < 1.29 is 9.84 Å². The van der Waals surface area contributed by atoms with Crippen molar-refractivity contribution in [3.63, 3.8) is 0 Å². The van der Waals surface area contributed by atoms with E-state index in [1.54, 1.807) is 19.2 Å². The van der Waals surface area contributed by atoms with Gasteiger partial charge in [-0.25, -0.2) is 0 Å². The van der Waals surface area contributed by atoms with E-state index >= 15 is 0 Å². The SMILES string of the molecule is Cc1cc(C(C)(C)C)ccc1Oc1ccc(C(C)O)nc1. The molecule has 0 aliphatic rings. The van der Waals surface area contributed by atoms with Gasteiger partial charge in [-0.05, 0) is 48.6 Å². The average Bonchev–Trinajstić information content (AvgIpc) is 2.40. The molecule has 2 rings (SSSR count). The number of aliphatic hydroxyl groups excluding tert-OH is 1. The van der Waals surface area contributed by atoms with Crippen LogP contribution in [0.1, 0.15) is 50.6 Å². The van der Waals surface area contributed by atoms with Crippen LogP contribution in [0.2, 0.25) is 0 Å². The maximum atomic E-state index is 9.45. The van der Waals surface area contributed by atoms with Crippen LogP contribution < -0.4 is 4.74 Å². The normalized spacial score (nSPS) is 13.0. The fourth-order valence-corrected chi connectivity index (χ4v) is 2.06. The third-order valence-electron chi connectivity index (χ3n) is 3.46. The summed E-state index contributed by atoms with van der Waals surface area (Å²) in [6.45, 7) is 10.3. The first-order chi connectivity index (χ1) is 9.77. The molecule has 0 saturated carbocycles. The average molecular weight is 285 g/mol. The van der Waals surface area contributed by atoms with Crippen LogP contribution in [-0.4, -0.2) is 10.1 Å². The van der Waals surface area contributed by atoms with Crippen LogP contribution in [0.4, 0.5) is 0 Å². The number of ether oxygens (including phenoxy) is 1. The summed E-state index contributed by atoms with van der Waals surface area (Å²) in [6.07, 6.45) is 1.07. The van der Waals surface area contributed by atoms with Gasteiger partial charge < -0.3 is 9.84 Å². The first-order valence-corrected chi connectivity index (χ1v) is 7.20. The van der Waals surface area contributed by atoms with Gasteiger partial charge in [0.25, 0.3) is 0 Å².